The summed E-state index contributed by atoms with van der Waals surface area (Å²) in [6, 6.07) is 65.1. The van der Waals surface area contributed by atoms with E-state index in [1.807, 2.05) is 0 Å². The summed E-state index contributed by atoms with van der Waals surface area (Å²) in [7, 11) is 0. The van der Waals surface area contributed by atoms with Crippen LogP contribution in [0.4, 0.5) is 0 Å². The second kappa shape index (κ2) is 13.6. The lowest BCUT2D eigenvalue weighted by molar-refractivity contribution is 0.590. The molecule has 4 aromatic heterocycles. The summed E-state index contributed by atoms with van der Waals surface area (Å²) in [5, 5.41) is 2.26. The van der Waals surface area contributed by atoms with Gasteiger partial charge >= 0.3 is 0 Å². The van der Waals surface area contributed by atoms with Gasteiger partial charge in [-0.25, -0.2) is 15.0 Å². The largest absolute Gasteiger partial charge is 0.353 e. The molecule has 10 aromatic rings. The molecular formula is C55H40N4. The average molecular weight is 757 g/mol. The van der Waals surface area contributed by atoms with Crippen LogP contribution in [0.25, 0.3) is 112 Å². The first kappa shape index (κ1) is 34.8. The quantitative estimate of drug-likeness (QED) is 0.195. The van der Waals surface area contributed by atoms with E-state index in [2.05, 4.69) is 208 Å². The van der Waals surface area contributed by atoms with E-state index in [4.69, 9.17) is 15.0 Å². The molecule has 1 aliphatic heterocycles. The monoisotopic (exact) mass is 756 g/mol. The zero-order valence-corrected chi connectivity index (χ0v) is 33.2. The van der Waals surface area contributed by atoms with E-state index < -0.39 is 0 Å². The van der Waals surface area contributed by atoms with Crippen LogP contribution in [-0.2, 0) is 5.41 Å². The molecule has 59 heavy (non-hydrogen) atoms. The van der Waals surface area contributed by atoms with Crippen molar-refractivity contribution in [1.29, 1.82) is 0 Å². The maximum Gasteiger partial charge on any atom is 0.0900 e. The summed E-state index contributed by atoms with van der Waals surface area (Å²) in [5.74, 6) is 0. The molecule has 4 nitrogen and oxygen atoms in total. The molecule has 6 aromatic carbocycles. The molecule has 280 valence electrons. The first-order valence-corrected chi connectivity index (χ1v) is 20.3. The fraction of sp³-hybridized carbons (Fsp3) is 0.0727. The average Bonchev–Trinajstić information content (AvgIpc) is 3.67. The smallest absolute Gasteiger partial charge is 0.0900 e. The molecule has 1 aliphatic rings. The molecule has 0 spiro atoms. The van der Waals surface area contributed by atoms with Gasteiger partial charge in [0.05, 0.1) is 45.2 Å². The zero-order valence-electron chi connectivity index (χ0n) is 33.2. The standard InChI is InChI=1S/C55H40N4/c1-55(2,3)42-32-51-49-30-40(36-20-12-6-13-21-36)28-47(56-49)45-26-38(34-16-8-4-9-17-34)24-43-44-25-39(35-18-10-5-11-19-35)27-46(54(44)59-53(43)45)48-29-41(37-22-14-7-15-23-37)31-50(57-48)52(33-42)58-51/h4-33,59H,1-3H3. The number of pyridine rings is 3. The van der Waals surface area contributed by atoms with Crippen LogP contribution in [0.15, 0.2) is 182 Å². The fourth-order valence-corrected chi connectivity index (χ4v) is 8.52. The Kier molecular flexibility index (Phi) is 8.02. The van der Waals surface area contributed by atoms with E-state index in [1.165, 1.54) is 5.56 Å². The van der Waals surface area contributed by atoms with Crippen molar-refractivity contribution in [2.45, 2.75) is 26.2 Å². The molecule has 1 N–H and O–H groups in total. The number of rotatable bonds is 4. The van der Waals surface area contributed by atoms with Crippen LogP contribution in [0, 0.1) is 0 Å². The van der Waals surface area contributed by atoms with Crippen LogP contribution in [-0.4, -0.2) is 19.9 Å². The van der Waals surface area contributed by atoms with Crippen molar-refractivity contribution in [3.8, 4) is 89.8 Å². The van der Waals surface area contributed by atoms with Crippen LogP contribution in [0.5, 0.6) is 0 Å². The molecule has 0 saturated heterocycles. The van der Waals surface area contributed by atoms with Crippen molar-refractivity contribution >= 4 is 21.8 Å². The van der Waals surface area contributed by atoms with Crippen molar-refractivity contribution in [2.75, 3.05) is 0 Å². The Morgan fingerprint density at radius 3 is 0.983 bits per heavy atom. The second-order valence-electron chi connectivity index (χ2n) is 16.6. The van der Waals surface area contributed by atoms with Crippen LogP contribution >= 0.6 is 0 Å². The summed E-state index contributed by atoms with van der Waals surface area (Å²) in [4.78, 5) is 20.6. The SMILES string of the molecule is CC(C)(C)c1cc2nc(c1)-c1cc(-c3ccccc3)cc(n1)-c1cc(-c3ccccc3)cc3c1[nH]c1c(cc(-c4ccccc4)cc13)-c1cc(-c3ccccc3)cc-2n1. The van der Waals surface area contributed by atoms with Crippen molar-refractivity contribution < 1.29 is 0 Å². The summed E-state index contributed by atoms with van der Waals surface area (Å²) in [5.41, 5.74) is 19.1. The molecule has 0 unspecified atom stereocenters. The maximum absolute atomic E-state index is 5.55. The topological polar surface area (TPSA) is 54.5 Å². The molecule has 0 atom stereocenters. The third-order valence-electron chi connectivity index (χ3n) is 11.7. The molecule has 0 fully saturated rings. The Balaban J connectivity index is 1.34. The molecule has 0 amide bonds. The highest BCUT2D eigenvalue weighted by Crippen LogP contribution is 2.44. The first-order chi connectivity index (χ1) is 28.8. The van der Waals surface area contributed by atoms with Gasteiger partial charge in [0.15, 0.2) is 0 Å². The van der Waals surface area contributed by atoms with Gasteiger partial charge < -0.3 is 4.98 Å². The fourth-order valence-electron chi connectivity index (χ4n) is 8.52. The summed E-state index contributed by atoms with van der Waals surface area (Å²) < 4.78 is 0. The van der Waals surface area contributed by atoms with Crippen molar-refractivity contribution in [3.63, 3.8) is 0 Å². The van der Waals surface area contributed by atoms with E-state index in [0.717, 1.165) is 112 Å². The number of H-pyrrole nitrogens is 1. The van der Waals surface area contributed by atoms with Gasteiger partial charge in [-0.05, 0) is 116 Å². The predicted molar refractivity (Wildman–Crippen MR) is 245 cm³/mol. The number of aromatic nitrogens is 4. The Hall–Kier alpha value is -7.43. The number of benzene rings is 6. The van der Waals surface area contributed by atoms with E-state index in [1.54, 1.807) is 0 Å². The number of hydrogen-bond acceptors (Lipinski definition) is 3. The molecule has 0 aliphatic carbocycles. The van der Waals surface area contributed by atoms with E-state index >= 15 is 0 Å². The van der Waals surface area contributed by atoms with Gasteiger partial charge in [0.25, 0.3) is 0 Å². The van der Waals surface area contributed by atoms with Crippen LogP contribution in [0.3, 0.4) is 0 Å². The lowest BCUT2D eigenvalue weighted by atomic mass is 9.86. The summed E-state index contributed by atoms with van der Waals surface area (Å²) >= 11 is 0. The second-order valence-corrected chi connectivity index (χ2v) is 16.6. The van der Waals surface area contributed by atoms with E-state index in [9.17, 15) is 0 Å². The van der Waals surface area contributed by atoms with Crippen molar-refractivity contribution in [2.24, 2.45) is 0 Å². The number of hydrogen-bond donors (Lipinski definition) is 1. The van der Waals surface area contributed by atoms with Crippen LogP contribution in [0.1, 0.15) is 26.3 Å². The molecule has 0 radical (unpaired) electrons. The summed E-state index contributed by atoms with van der Waals surface area (Å²) in [6.07, 6.45) is 0. The van der Waals surface area contributed by atoms with E-state index in [-0.39, 0.29) is 5.41 Å². The highest BCUT2D eigenvalue weighted by molar-refractivity contribution is 6.17. The molecule has 0 saturated carbocycles. The maximum atomic E-state index is 5.55. The Labute approximate surface area is 344 Å². The van der Waals surface area contributed by atoms with Crippen LogP contribution in [0.2, 0.25) is 0 Å². The van der Waals surface area contributed by atoms with Gasteiger partial charge in [-0.1, -0.05) is 142 Å². The minimum atomic E-state index is -0.164. The number of nitrogens with one attached hydrogen (secondary N) is 1. The zero-order chi connectivity index (χ0) is 39.7. The van der Waals surface area contributed by atoms with Gasteiger partial charge in [-0.3, -0.25) is 0 Å². The molecular weight excluding hydrogens is 717 g/mol. The number of nitrogens with zero attached hydrogens (tertiary/aromatic N) is 3. The lowest BCUT2D eigenvalue weighted by Gasteiger charge is -2.21. The molecule has 5 heterocycles. The highest BCUT2D eigenvalue weighted by Gasteiger charge is 2.24. The van der Waals surface area contributed by atoms with Gasteiger partial charge in [-0.15, -0.1) is 0 Å². The Morgan fingerprint density at radius 1 is 0.322 bits per heavy atom. The van der Waals surface area contributed by atoms with Crippen molar-refractivity contribution in [1.82, 2.24) is 19.9 Å². The van der Waals surface area contributed by atoms with Crippen LogP contribution < -0.4 is 0 Å². The minimum absolute atomic E-state index is 0.164. The third kappa shape index (κ3) is 6.21. The van der Waals surface area contributed by atoms with Gasteiger partial charge in [0.2, 0.25) is 0 Å². The summed E-state index contributed by atoms with van der Waals surface area (Å²) in [6.45, 7) is 6.77. The number of fused-ring (bicyclic) bond motifs is 11. The Morgan fingerprint density at radius 2 is 0.627 bits per heavy atom. The first-order valence-electron chi connectivity index (χ1n) is 20.3. The van der Waals surface area contributed by atoms with Gasteiger partial charge in [0.1, 0.15) is 0 Å². The highest BCUT2D eigenvalue weighted by atomic mass is 14.8. The normalized spacial score (nSPS) is 12.0. The number of aromatic amines is 1. The predicted octanol–water partition coefficient (Wildman–Crippen LogP) is 14.5. The molecule has 8 bridgehead atoms. The van der Waals surface area contributed by atoms with Crippen molar-refractivity contribution in [3.05, 3.63) is 188 Å². The minimum Gasteiger partial charge on any atom is -0.353 e. The van der Waals surface area contributed by atoms with Gasteiger partial charge in [0, 0.05) is 21.9 Å². The van der Waals surface area contributed by atoms with Gasteiger partial charge in [-0.2, -0.15) is 0 Å². The lowest BCUT2D eigenvalue weighted by Crippen LogP contribution is -2.12. The third-order valence-corrected chi connectivity index (χ3v) is 11.7. The molecule has 4 heteroatoms. The van der Waals surface area contributed by atoms with E-state index in [0.29, 0.717) is 0 Å². The Bertz CT molecular complexity index is 3010. The molecule has 11 rings (SSSR count).